The molecule has 29 heavy (non-hydrogen) atoms. The van der Waals surface area contributed by atoms with Gasteiger partial charge in [0.05, 0.1) is 0 Å². The molecule has 0 spiro atoms. The van der Waals surface area contributed by atoms with Crippen molar-refractivity contribution in [3.63, 3.8) is 0 Å². The number of hydrogen-bond acceptors (Lipinski definition) is 7. The molecular formula is C18H13ClN6O3Se. The number of ether oxygens (including phenoxy) is 1. The molecule has 4 aromatic heterocycles. The molecule has 4 aromatic rings. The van der Waals surface area contributed by atoms with Crippen molar-refractivity contribution in [3.8, 4) is 16.9 Å². The Hall–Kier alpha value is -3.07. The molecule has 4 rings (SSSR count). The van der Waals surface area contributed by atoms with E-state index in [1.165, 1.54) is 19.5 Å². The van der Waals surface area contributed by atoms with Crippen LogP contribution in [0.15, 0.2) is 35.5 Å². The molecule has 0 aliphatic heterocycles. The number of rotatable bonds is 4. The summed E-state index contributed by atoms with van der Waals surface area (Å²) >= 11 is 5.70. The molecule has 4 heterocycles. The van der Waals surface area contributed by atoms with E-state index in [2.05, 4.69) is 30.2 Å². The summed E-state index contributed by atoms with van der Waals surface area (Å²) in [7, 11) is 1.52. The third-order valence-corrected chi connectivity index (χ3v) is 6.04. The van der Waals surface area contributed by atoms with Crippen LogP contribution in [-0.4, -0.2) is 52.4 Å². The number of halogens is 1. The van der Waals surface area contributed by atoms with E-state index in [0.29, 0.717) is 37.2 Å². The predicted molar refractivity (Wildman–Crippen MR) is 109 cm³/mol. The van der Waals surface area contributed by atoms with Crippen molar-refractivity contribution in [3.05, 3.63) is 57.5 Å². The second-order valence-corrected chi connectivity index (χ2v) is 8.44. The first-order valence-electron chi connectivity index (χ1n) is 8.28. The molecule has 0 radical (unpaired) electrons. The van der Waals surface area contributed by atoms with Gasteiger partial charge in [0.2, 0.25) is 0 Å². The summed E-state index contributed by atoms with van der Waals surface area (Å²) in [5.74, 6) is 0.0870. The average Bonchev–Trinajstić information content (AvgIpc) is 3.09. The Morgan fingerprint density at radius 2 is 2.00 bits per heavy atom. The van der Waals surface area contributed by atoms with Crippen LogP contribution in [0.2, 0.25) is 5.15 Å². The van der Waals surface area contributed by atoms with Gasteiger partial charge >= 0.3 is 175 Å². The SMILES string of the molecule is COc1cnc(Cl)cc1-c1cc(C)ncc1C(=O)Nc1nc2ncc(=O)[nH]c2[se]1. The maximum absolute atomic E-state index is 13.0. The Kier molecular flexibility index (Phi) is 5.14. The van der Waals surface area contributed by atoms with Gasteiger partial charge in [0.25, 0.3) is 0 Å². The van der Waals surface area contributed by atoms with E-state index in [-0.39, 0.29) is 25.2 Å². The Bertz CT molecular complexity index is 1300. The molecule has 0 aliphatic rings. The van der Waals surface area contributed by atoms with Crippen molar-refractivity contribution in [2.24, 2.45) is 0 Å². The molecule has 0 unspecified atom stereocenters. The predicted octanol–water partition coefficient (Wildman–Crippen LogP) is 2.05. The molecule has 0 aromatic carbocycles. The topological polar surface area (TPSA) is 123 Å². The summed E-state index contributed by atoms with van der Waals surface area (Å²) in [6.07, 6.45) is 4.14. The van der Waals surface area contributed by atoms with Crippen LogP contribution in [0.5, 0.6) is 5.75 Å². The normalized spacial score (nSPS) is 10.9. The molecule has 9 nitrogen and oxygen atoms in total. The van der Waals surface area contributed by atoms with Gasteiger partial charge in [-0.3, -0.25) is 0 Å². The summed E-state index contributed by atoms with van der Waals surface area (Å²) < 4.78 is 6.44. The number of pyridine rings is 2. The van der Waals surface area contributed by atoms with E-state index in [0.717, 1.165) is 11.9 Å². The zero-order valence-electron chi connectivity index (χ0n) is 15.2. The molecule has 0 bridgehead atoms. The third-order valence-electron chi connectivity index (χ3n) is 4.00. The number of fused-ring (bicyclic) bond motifs is 1. The van der Waals surface area contributed by atoms with E-state index < -0.39 is 5.91 Å². The van der Waals surface area contributed by atoms with E-state index in [9.17, 15) is 9.59 Å². The number of carbonyl (C=O) groups excluding carboxylic acids is 1. The zero-order valence-corrected chi connectivity index (χ0v) is 17.7. The first-order valence-corrected chi connectivity index (χ1v) is 10.4. The van der Waals surface area contributed by atoms with Gasteiger partial charge in [-0.05, 0) is 0 Å². The van der Waals surface area contributed by atoms with Crippen LogP contribution in [-0.2, 0) is 0 Å². The molecule has 146 valence electrons. The maximum atomic E-state index is 13.0. The van der Waals surface area contributed by atoms with Gasteiger partial charge < -0.3 is 0 Å². The van der Waals surface area contributed by atoms with E-state index in [4.69, 9.17) is 16.3 Å². The number of amides is 1. The van der Waals surface area contributed by atoms with Crippen LogP contribution in [0.1, 0.15) is 16.1 Å². The Labute approximate surface area is 174 Å². The van der Waals surface area contributed by atoms with Crippen molar-refractivity contribution in [2.75, 3.05) is 12.4 Å². The van der Waals surface area contributed by atoms with Crippen molar-refractivity contribution < 1.29 is 9.53 Å². The molecule has 0 atom stereocenters. The Balaban J connectivity index is 1.75. The van der Waals surface area contributed by atoms with Crippen molar-refractivity contribution in [1.82, 2.24) is 24.9 Å². The van der Waals surface area contributed by atoms with Gasteiger partial charge in [0.1, 0.15) is 0 Å². The summed E-state index contributed by atoms with van der Waals surface area (Å²) in [6, 6.07) is 3.41. The second-order valence-electron chi connectivity index (χ2n) is 5.95. The van der Waals surface area contributed by atoms with Gasteiger partial charge in [-0.2, -0.15) is 0 Å². The van der Waals surface area contributed by atoms with Crippen LogP contribution in [0, 0.1) is 6.92 Å². The average molecular weight is 476 g/mol. The van der Waals surface area contributed by atoms with Gasteiger partial charge in [-0.25, -0.2) is 0 Å². The molecule has 1 amide bonds. The molecule has 0 fully saturated rings. The van der Waals surface area contributed by atoms with Crippen LogP contribution in [0.3, 0.4) is 0 Å². The third kappa shape index (κ3) is 3.91. The number of aryl methyl sites for hydroxylation is 1. The molecule has 0 saturated heterocycles. The van der Waals surface area contributed by atoms with Crippen LogP contribution >= 0.6 is 11.6 Å². The van der Waals surface area contributed by atoms with Crippen LogP contribution in [0.4, 0.5) is 4.69 Å². The Morgan fingerprint density at radius 1 is 1.17 bits per heavy atom. The zero-order chi connectivity index (χ0) is 20.5. The van der Waals surface area contributed by atoms with Gasteiger partial charge in [-0.1, -0.05) is 0 Å². The minimum absolute atomic E-state index is 0.274. The molecule has 0 saturated carbocycles. The van der Waals surface area contributed by atoms with Gasteiger partial charge in [-0.15, -0.1) is 0 Å². The fourth-order valence-electron chi connectivity index (χ4n) is 2.72. The van der Waals surface area contributed by atoms with Crippen molar-refractivity contribution in [2.45, 2.75) is 6.92 Å². The van der Waals surface area contributed by atoms with Crippen molar-refractivity contribution in [1.29, 1.82) is 0 Å². The van der Waals surface area contributed by atoms with Crippen LogP contribution < -0.4 is 15.6 Å². The van der Waals surface area contributed by atoms with E-state index in [1.807, 2.05) is 6.92 Å². The van der Waals surface area contributed by atoms with Gasteiger partial charge in [0, 0.05) is 0 Å². The monoisotopic (exact) mass is 476 g/mol. The number of aromatic amines is 1. The van der Waals surface area contributed by atoms with Crippen LogP contribution in [0.25, 0.3) is 21.2 Å². The number of H-pyrrole nitrogens is 1. The second kappa shape index (κ2) is 7.75. The number of carbonyl (C=O) groups is 1. The van der Waals surface area contributed by atoms with Gasteiger partial charge in [0.15, 0.2) is 0 Å². The molecule has 0 aliphatic carbocycles. The number of hydrogen-bond donors (Lipinski definition) is 2. The van der Waals surface area contributed by atoms with Crippen molar-refractivity contribution >= 4 is 46.7 Å². The summed E-state index contributed by atoms with van der Waals surface area (Å²) in [6.45, 7) is 1.82. The summed E-state index contributed by atoms with van der Waals surface area (Å²) in [5.41, 5.74) is 2.38. The molecule has 11 heteroatoms. The van der Waals surface area contributed by atoms with E-state index >= 15 is 0 Å². The summed E-state index contributed by atoms with van der Waals surface area (Å²) in [4.78, 5) is 43.6. The molecular weight excluding hydrogens is 463 g/mol. The number of methoxy groups -OCH3 is 1. The fraction of sp³-hybridized carbons (Fsp3) is 0.111. The Morgan fingerprint density at radius 3 is 2.79 bits per heavy atom. The first-order chi connectivity index (χ1) is 13.9. The first kappa shape index (κ1) is 19.3. The number of aromatic nitrogens is 5. The minimum atomic E-state index is -0.390. The number of anilines is 1. The summed E-state index contributed by atoms with van der Waals surface area (Å²) in [5, 5.41) is 3.06. The molecule has 2 N–H and O–H groups in total. The van der Waals surface area contributed by atoms with E-state index in [1.54, 1.807) is 12.1 Å². The quantitative estimate of drug-likeness (QED) is 0.342. The number of nitrogens with one attached hydrogen (secondary N) is 2. The standard InChI is InChI=1S/C18H13ClN6O3Se/c1-8-3-9(10-4-13(19)21-6-12(10)28-2)11(5-20-8)16(27)25-18-24-15-17(29-18)23-14(26)7-22-15/h3-7H,1-2H3,(H,23,26)(H,22,24,25,27). The number of nitrogens with zero attached hydrogens (tertiary/aromatic N) is 4. The fourth-order valence-corrected chi connectivity index (χ4v) is 4.58.